The van der Waals surface area contributed by atoms with E-state index in [-0.39, 0.29) is 13.2 Å². The van der Waals surface area contributed by atoms with Crippen LogP contribution in [-0.2, 0) is 0 Å². The Labute approximate surface area is 202 Å². The minimum absolute atomic E-state index is 0.192. The van der Waals surface area contributed by atoms with E-state index in [4.69, 9.17) is 10.2 Å². The summed E-state index contributed by atoms with van der Waals surface area (Å²) < 4.78 is 0. The Morgan fingerprint density at radius 2 is 0.781 bits per heavy atom. The lowest BCUT2D eigenvalue weighted by Crippen LogP contribution is -2.30. The maximum atomic E-state index is 8.90. The molecule has 0 amide bonds. The largest absolute Gasteiger partial charge is 0.395 e. The highest BCUT2D eigenvalue weighted by Gasteiger charge is 2.02. The standard InChI is InChI=1S/C16H35NO2.C12H27N/c1-2-3-4-5-6-7-8-9-10-11-12-17(13-15-18)14-16-19;1-3-5-7-9-11-13-12-10-8-6-4-2/h18-19H,2-16H2,1H3;13H,3-12H2,1-2H3. The lowest BCUT2D eigenvalue weighted by atomic mass is 10.1. The van der Waals surface area contributed by atoms with E-state index in [0.29, 0.717) is 13.1 Å². The highest BCUT2D eigenvalue weighted by molar-refractivity contribution is 4.57. The van der Waals surface area contributed by atoms with Crippen LogP contribution in [0.4, 0.5) is 0 Å². The van der Waals surface area contributed by atoms with E-state index in [0.717, 1.165) is 6.54 Å². The molecule has 0 aromatic carbocycles. The van der Waals surface area contributed by atoms with Crippen molar-refractivity contribution in [2.75, 3.05) is 45.9 Å². The van der Waals surface area contributed by atoms with Crippen molar-refractivity contribution in [2.24, 2.45) is 0 Å². The van der Waals surface area contributed by atoms with Crippen molar-refractivity contribution >= 4 is 0 Å². The van der Waals surface area contributed by atoms with Crippen LogP contribution in [0.25, 0.3) is 0 Å². The van der Waals surface area contributed by atoms with Crippen molar-refractivity contribution in [1.82, 2.24) is 10.2 Å². The third kappa shape index (κ3) is 32.0. The van der Waals surface area contributed by atoms with Crippen LogP contribution in [0.15, 0.2) is 0 Å². The van der Waals surface area contributed by atoms with Gasteiger partial charge in [-0.1, -0.05) is 117 Å². The highest BCUT2D eigenvalue weighted by Crippen LogP contribution is 2.10. The Kier molecular flexibility index (Phi) is 35.1. The second kappa shape index (κ2) is 33.0. The van der Waals surface area contributed by atoms with Crippen molar-refractivity contribution < 1.29 is 10.2 Å². The van der Waals surface area contributed by atoms with E-state index in [1.165, 1.54) is 129 Å². The van der Waals surface area contributed by atoms with Crippen molar-refractivity contribution in [3.8, 4) is 0 Å². The van der Waals surface area contributed by atoms with Gasteiger partial charge in [0.05, 0.1) is 13.2 Å². The second-order valence-electron chi connectivity index (χ2n) is 9.34. The smallest absolute Gasteiger partial charge is 0.0558 e. The van der Waals surface area contributed by atoms with Crippen LogP contribution in [0.1, 0.15) is 136 Å². The molecule has 196 valence electrons. The van der Waals surface area contributed by atoms with Crippen molar-refractivity contribution in [1.29, 1.82) is 0 Å². The first-order chi connectivity index (χ1) is 15.8. The van der Waals surface area contributed by atoms with Crippen LogP contribution < -0.4 is 5.32 Å². The van der Waals surface area contributed by atoms with E-state index in [2.05, 4.69) is 31.0 Å². The van der Waals surface area contributed by atoms with Crippen LogP contribution in [0, 0.1) is 0 Å². The summed E-state index contributed by atoms with van der Waals surface area (Å²) in [5, 5.41) is 21.3. The lowest BCUT2D eigenvalue weighted by molar-refractivity contribution is 0.159. The molecule has 0 atom stereocenters. The molecule has 0 saturated heterocycles. The molecule has 0 aliphatic heterocycles. The summed E-state index contributed by atoms with van der Waals surface area (Å²) in [6.07, 6.45) is 24.5. The number of aliphatic hydroxyl groups excluding tert-OH is 2. The number of nitrogens with zero attached hydrogens (tertiary/aromatic N) is 1. The fourth-order valence-corrected chi connectivity index (χ4v) is 3.92. The molecule has 3 N–H and O–H groups in total. The molecule has 4 heteroatoms. The molecule has 0 aromatic heterocycles. The fraction of sp³-hybridized carbons (Fsp3) is 1.00. The molecule has 0 rings (SSSR count). The number of nitrogens with one attached hydrogen (secondary N) is 1. The molecule has 0 fully saturated rings. The normalized spacial score (nSPS) is 11.1. The third-order valence-corrected chi connectivity index (χ3v) is 6.07. The molecule has 0 aliphatic rings. The predicted octanol–water partition coefficient (Wildman–Crippen LogP) is 6.93. The first kappa shape index (κ1) is 34.0. The van der Waals surface area contributed by atoms with Gasteiger partial charge < -0.3 is 15.5 Å². The minimum Gasteiger partial charge on any atom is -0.395 e. The number of aliphatic hydroxyl groups is 2. The Morgan fingerprint density at radius 1 is 0.438 bits per heavy atom. The second-order valence-corrected chi connectivity index (χ2v) is 9.34. The molecule has 0 aromatic rings. The molecule has 0 spiro atoms. The summed E-state index contributed by atoms with van der Waals surface area (Å²) in [5.41, 5.74) is 0. The topological polar surface area (TPSA) is 55.7 Å². The molecule has 0 unspecified atom stereocenters. The van der Waals surface area contributed by atoms with Gasteiger partial charge in [-0.3, -0.25) is 4.90 Å². The van der Waals surface area contributed by atoms with Gasteiger partial charge in [-0.05, 0) is 38.9 Å². The molecule has 32 heavy (non-hydrogen) atoms. The van der Waals surface area contributed by atoms with Gasteiger partial charge in [0.1, 0.15) is 0 Å². The van der Waals surface area contributed by atoms with Gasteiger partial charge in [0.25, 0.3) is 0 Å². The monoisotopic (exact) mass is 458 g/mol. The van der Waals surface area contributed by atoms with E-state index in [1.807, 2.05) is 0 Å². The van der Waals surface area contributed by atoms with Crippen LogP contribution in [-0.4, -0.2) is 61.1 Å². The summed E-state index contributed by atoms with van der Waals surface area (Å²) in [6.45, 7) is 12.0. The van der Waals surface area contributed by atoms with Gasteiger partial charge in [0, 0.05) is 13.1 Å². The van der Waals surface area contributed by atoms with Crippen molar-refractivity contribution in [3.05, 3.63) is 0 Å². The maximum Gasteiger partial charge on any atom is 0.0558 e. The molecular formula is C28H62N2O2. The summed E-state index contributed by atoms with van der Waals surface area (Å²) in [7, 11) is 0. The predicted molar refractivity (Wildman–Crippen MR) is 144 cm³/mol. The minimum atomic E-state index is 0.192. The van der Waals surface area contributed by atoms with Gasteiger partial charge in [-0.2, -0.15) is 0 Å². The zero-order valence-electron chi connectivity index (χ0n) is 22.5. The van der Waals surface area contributed by atoms with Gasteiger partial charge in [-0.15, -0.1) is 0 Å². The van der Waals surface area contributed by atoms with E-state index in [1.54, 1.807) is 0 Å². The average Bonchev–Trinajstić information content (AvgIpc) is 2.80. The lowest BCUT2D eigenvalue weighted by Gasteiger charge is -2.19. The summed E-state index contributed by atoms with van der Waals surface area (Å²) in [4.78, 5) is 2.14. The van der Waals surface area contributed by atoms with Crippen LogP contribution in [0.3, 0.4) is 0 Å². The highest BCUT2D eigenvalue weighted by atomic mass is 16.3. The third-order valence-electron chi connectivity index (χ3n) is 6.07. The maximum absolute atomic E-state index is 8.90. The molecule has 0 heterocycles. The van der Waals surface area contributed by atoms with Gasteiger partial charge in [-0.25, -0.2) is 0 Å². The van der Waals surface area contributed by atoms with E-state index in [9.17, 15) is 0 Å². The van der Waals surface area contributed by atoms with E-state index >= 15 is 0 Å². The molecule has 0 saturated carbocycles. The van der Waals surface area contributed by atoms with Crippen molar-refractivity contribution in [3.63, 3.8) is 0 Å². The zero-order valence-corrected chi connectivity index (χ0v) is 22.5. The Balaban J connectivity index is 0. The molecule has 0 radical (unpaired) electrons. The quantitative estimate of drug-likeness (QED) is 0.130. The number of hydrogen-bond donors (Lipinski definition) is 3. The van der Waals surface area contributed by atoms with Crippen LogP contribution in [0.5, 0.6) is 0 Å². The van der Waals surface area contributed by atoms with Gasteiger partial charge in [0.15, 0.2) is 0 Å². The molecule has 4 nitrogen and oxygen atoms in total. The van der Waals surface area contributed by atoms with Crippen molar-refractivity contribution in [2.45, 2.75) is 136 Å². The Morgan fingerprint density at radius 3 is 1.16 bits per heavy atom. The van der Waals surface area contributed by atoms with E-state index < -0.39 is 0 Å². The summed E-state index contributed by atoms with van der Waals surface area (Å²) in [5.74, 6) is 0. The summed E-state index contributed by atoms with van der Waals surface area (Å²) >= 11 is 0. The Hall–Kier alpha value is -0.160. The van der Waals surface area contributed by atoms with Crippen LogP contribution >= 0.6 is 0 Å². The number of rotatable bonds is 25. The first-order valence-corrected chi connectivity index (χ1v) is 14.4. The zero-order chi connectivity index (χ0) is 24.0. The van der Waals surface area contributed by atoms with Gasteiger partial charge >= 0.3 is 0 Å². The number of hydrogen-bond acceptors (Lipinski definition) is 4. The molecule has 0 bridgehead atoms. The SMILES string of the molecule is CCCCCCCCCCCCN(CCO)CCO.CCCCCCNCCCCCC. The van der Waals surface area contributed by atoms with Crippen LogP contribution in [0.2, 0.25) is 0 Å². The first-order valence-electron chi connectivity index (χ1n) is 14.4. The van der Waals surface area contributed by atoms with Gasteiger partial charge in [0.2, 0.25) is 0 Å². The molecule has 0 aliphatic carbocycles. The fourth-order valence-electron chi connectivity index (χ4n) is 3.92. The number of unbranched alkanes of at least 4 members (excludes halogenated alkanes) is 15. The average molecular weight is 459 g/mol. The molecular weight excluding hydrogens is 396 g/mol. The summed E-state index contributed by atoms with van der Waals surface area (Å²) in [6, 6.07) is 0. The Bertz CT molecular complexity index is 287.